The highest BCUT2D eigenvalue weighted by Crippen LogP contribution is 2.15. The quantitative estimate of drug-likeness (QED) is 0.761. The zero-order valence-electron chi connectivity index (χ0n) is 11.0. The van der Waals surface area contributed by atoms with Crippen molar-refractivity contribution in [3.63, 3.8) is 0 Å². The summed E-state index contributed by atoms with van der Waals surface area (Å²) in [5, 5.41) is 7.48. The molecule has 0 saturated heterocycles. The van der Waals surface area contributed by atoms with Gasteiger partial charge in [-0.2, -0.15) is 0 Å². The van der Waals surface area contributed by atoms with E-state index in [0.717, 1.165) is 6.26 Å². The number of carbonyl (C=O) groups is 1. The van der Waals surface area contributed by atoms with Crippen LogP contribution in [0.1, 0.15) is 18.5 Å². The Labute approximate surface area is 118 Å². The van der Waals surface area contributed by atoms with E-state index >= 15 is 0 Å². The highest BCUT2D eigenvalue weighted by atomic mass is 32.2. The summed E-state index contributed by atoms with van der Waals surface area (Å²) in [6.07, 6.45) is 0.970. The van der Waals surface area contributed by atoms with Crippen molar-refractivity contribution in [1.29, 1.82) is 0 Å². The molecule has 0 radical (unpaired) electrons. The first-order valence-electron chi connectivity index (χ1n) is 5.59. The molecule has 1 amide bonds. The monoisotopic (exact) mass is 320 g/mol. The minimum atomic E-state index is -3.76. The molecule has 0 bridgehead atoms. The number of benzene rings is 1. The third-order valence-corrected chi connectivity index (χ3v) is 4.20. The Kier molecular flexibility index (Phi) is 4.90. The molecule has 0 aromatic heterocycles. The number of nitrogens with one attached hydrogen (secondary N) is 1. The summed E-state index contributed by atoms with van der Waals surface area (Å²) in [7, 11) is -7.14. The molecule has 3 N–H and O–H groups in total. The van der Waals surface area contributed by atoms with E-state index in [1.54, 1.807) is 6.92 Å². The zero-order chi connectivity index (χ0) is 15.6. The topological polar surface area (TPSA) is 123 Å². The summed E-state index contributed by atoms with van der Waals surface area (Å²) in [4.78, 5) is 11.4. The summed E-state index contributed by atoms with van der Waals surface area (Å²) in [5.74, 6) is -1.21. The van der Waals surface area contributed by atoms with Crippen molar-refractivity contribution in [2.75, 3.05) is 12.0 Å². The van der Waals surface area contributed by atoms with Gasteiger partial charge in [0.05, 0.1) is 10.9 Å². The summed E-state index contributed by atoms with van der Waals surface area (Å²) < 4.78 is 44.1. The first-order chi connectivity index (χ1) is 8.99. The first kappa shape index (κ1) is 16.6. The lowest BCUT2D eigenvalue weighted by Gasteiger charge is -2.14. The SMILES string of the molecule is CC(NC(=O)CS(C)(=O)=O)c1ccc(S(N)(=O)=O)cc1. The fourth-order valence-corrected chi connectivity index (χ4v) is 2.63. The predicted octanol–water partition coefficient (Wildman–Crippen LogP) is -0.444. The minimum absolute atomic E-state index is 0.0316. The summed E-state index contributed by atoms with van der Waals surface area (Å²) in [6, 6.07) is 5.21. The van der Waals surface area contributed by atoms with Gasteiger partial charge in [0.1, 0.15) is 5.75 Å². The molecule has 0 fully saturated rings. The van der Waals surface area contributed by atoms with Gasteiger partial charge in [-0.3, -0.25) is 4.79 Å². The fraction of sp³-hybridized carbons (Fsp3) is 0.364. The predicted molar refractivity (Wildman–Crippen MR) is 74.1 cm³/mol. The van der Waals surface area contributed by atoms with Gasteiger partial charge in [-0.05, 0) is 24.6 Å². The Morgan fingerprint density at radius 2 is 1.70 bits per heavy atom. The normalized spacial score (nSPS) is 13.8. The maximum atomic E-state index is 11.5. The molecule has 0 aliphatic carbocycles. The van der Waals surface area contributed by atoms with Crippen LogP contribution in [-0.4, -0.2) is 34.8 Å². The van der Waals surface area contributed by atoms with E-state index in [0.29, 0.717) is 5.56 Å². The van der Waals surface area contributed by atoms with Crippen LogP contribution in [0.4, 0.5) is 0 Å². The van der Waals surface area contributed by atoms with Crippen molar-refractivity contribution in [2.45, 2.75) is 17.9 Å². The largest absolute Gasteiger partial charge is 0.349 e. The van der Waals surface area contributed by atoms with E-state index in [1.165, 1.54) is 24.3 Å². The molecule has 0 saturated carbocycles. The molecule has 20 heavy (non-hydrogen) atoms. The Bertz CT molecular complexity index is 693. The van der Waals surface area contributed by atoms with Crippen LogP contribution in [0.15, 0.2) is 29.2 Å². The standard InChI is InChI=1S/C11H16N2O5S2/c1-8(13-11(14)7-19(2,15)16)9-3-5-10(6-4-9)20(12,17)18/h3-6,8H,7H2,1-2H3,(H,13,14)(H2,12,17,18). The number of sulfonamides is 1. The molecule has 0 heterocycles. The Balaban J connectivity index is 2.79. The van der Waals surface area contributed by atoms with E-state index in [4.69, 9.17) is 5.14 Å². The second-order valence-corrected chi connectivity index (χ2v) is 8.17. The molecule has 1 unspecified atom stereocenters. The molecule has 1 atom stereocenters. The van der Waals surface area contributed by atoms with Crippen LogP contribution < -0.4 is 10.5 Å². The van der Waals surface area contributed by atoms with Crippen LogP contribution in [-0.2, 0) is 24.7 Å². The van der Waals surface area contributed by atoms with Crippen molar-refractivity contribution >= 4 is 25.8 Å². The van der Waals surface area contributed by atoms with Crippen LogP contribution in [0.3, 0.4) is 0 Å². The van der Waals surface area contributed by atoms with Crippen molar-refractivity contribution < 1.29 is 21.6 Å². The van der Waals surface area contributed by atoms with Gasteiger partial charge in [0.15, 0.2) is 9.84 Å². The Morgan fingerprint density at radius 1 is 1.20 bits per heavy atom. The van der Waals surface area contributed by atoms with Gasteiger partial charge in [-0.15, -0.1) is 0 Å². The van der Waals surface area contributed by atoms with Gasteiger partial charge < -0.3 is 5.32 Å². The second kappa shape index (κ2) is 5.90. The van der Waals surface area contributed by atoms with Crippen molar-refractivity contribution in [2.24, 2.45) is 5.14 Å². The maximum absolute atomic E-state index is 11.5. The highest BCUT2D eigenvalue weighted by Gasteiger charge is 2.15. The maximum Gasteiger partial charge on any atom is 0.238 e. The molecular weight excluding hydrogens is 304 g/mol. The summed E-state index contributed by atoms with van der Waals surface area (Å²) in [5.41, 5.74) is 0.638. The van der Waals surface area contributed by atoms with Crippen LogP contribution in [0, 0.1) is 0 Å². The molecule has 1 rings (SSSR count). The average Bonchev–Trinajstić information content (AvgIpc) is 2.25. The van der Waals surface area contributed by atoms with Gasteiger partial charge in [0.2, 0.25) is 15.9 Å². The molecule has 112 valence electrons. The number of carbonyl (C=O) groups excluding carboxylic acids is 1. The van der Waals surface area contributed by atoms with Crippen LogP contribution in [0.2, 0.25) is 0 Å². The van der Waals surface area contributed by atoms with Gasteiger partial charge in [-0.1, -0.05) is 12.1 Å². The molecule has 7 nitrogen and oxygen atoms in total. The summed E-state index contributed by atoms with van der Waals surface area (Å²) >= 11 is 0. The second-order valence-electron chi connectivity index (χ2n) is 4.47. The van der Waals surface area contributed by atoms with E-state index < -0.39 is 37.6 Å². The van der Waals surface area contributed by atoms with Crippen molar-refractivity contribution in [1.82, 2.24) is 5.32 Å². The van der Waals surface area contributed by atoms with Gasteiger partial charge in [0.25, 0.3) is 0 Å². The average molecular weight is 320 g/mol. The molecule has 1 aromatic rings. The molecule has 1 aromatic carbocycles. The smallest absolute Gasteiger partial charge is 0.238 e. The minimum Gasteiger partial charge on any atom is -0.349 e. The van der Waals surface area contributed by atoms with Gasteiger partial charge in [-0.25, -0.2) is 22.0 Å². The Hall–Kier alpha value is -1.45. The number of hydrogen-bond donors (Lipinski definition) is 2. The van der Waals surface area contributed by atoms with E-state index in [-0.39, 0.29) is 4.90 Å². The Morgan fingerprint density at radius 3 is 2.10 bits per heavy atom. The van der Waals surface area contributed by atoms with Gasteiger partial charge in [0, 0.05) is 6.26 Å². The number of rotatable bonds is 5. The lowest BCUT2D eigenvalue weighted by molar-refractivity contribution is -0.119. The van der Waals surface area contributed by atoms with E-state index in [1.807, 2.05) is 0 Å². The summed E-state index contributed by atoms with van der Waals surface area (Å²) in [6.45, 7) is 1.66. The fourth-order valence-electron chi connectivity index (χ4n) is 1.55. The van der Waals surface area contributed by atoms with E-state index in [2.05, 4.69) is 5.32 Å². The number of sulfone groups is 1. The number of primary sulfonamides is 1. The number of nitrogens with two attached hydrogens (primary N) is 1. The van der Waals surface area contributed by atoms with Crippen molar-refractivity contribution in [3.8, 4) is 0 Å². The van der Waals surface area contributed by atoms with Crippen LogP contribution in [0.25, 0.3) is 0 Å². The third-order valence-electron chi connectivity index (χ3n) is 2.48. The molecule has 0 spiro atoms. The van der Waals surface area contributed by atoms with Crippen LogP contribution in [0.5, 0.6) is 0 Å². The van der Waals surface area contributed by atoms with Gasteiger partial charge >= 0.3 is 0 Å². The number of hydrogen-bond acceptors (Lipinski definition) is 5. The van der Waals surface area contributed by atoms with Crippen LogP contribution >= 0.6 is 0 Å². The molecule has 0 aliphatic rings. The molecule has 0 aliphatic heterocycles. The third kappa shape index (κ3) is 5.27. The first-order valence-corrected chi connectivity index (χ1v) is 9.19. The van der Waals surface area contributed by atoms with E-state index in [9.17, 15) is 21.6 Å². The number of amides is 1. The molecule has 9 heteroatoms. The molecular formula is C11H16N2O5S2. The highest BCUT2D eigenvalue weighted by molar-refractivity contribution is 7.91. The lowest BCUT2D eigenvalue weighted by Crippen LogP contribution is -2.32. The zero-order valence-corrected chi connectivity index (χ0v) is 12.7. The van der Waals surface area contributed by atoms with Crippen molar-refractivity contribution in [3.05, 3.63) is 29.8 Å². The lowest BCUT2D eigenvalue weighted by atomic mass is 10.1.